The van der Waals surface area contributed by atoms with E-state index < -0.39 is 5.91 Å². The molecule has 0 aliphatic rings. The molecule has 0 saturated heterocycles. The summed E-state index contributed by atoms with van der Waals surface area (Å²) in [5, 5.41) is 8.26. The zero-order valence-electron chi connectivity index (χ0n) is 19.4. The summed E-state index contributed by atoms with van der Waals surface area (Å²) in [6.45, 7) is 3.06. The summed E-state index contributed by atoms with van der Waals surface area (Å²) >= 11 is 13.2. The summed E-state index contributed by atoms with van der Waals surface area (Å²) in [5.41, 5.74) is 0.894. The second-order valence-corrected chi connectivity index (χ2v) is 9.30. The average molecular weight is 529 g/mol. The Kier molecular flexibility index (Phi) is 12.3. The SMILES string of the molecule is CCCCCCNC(=O)Cc1csc(NC(=O)CN(CCOC)C(=O)c2ccc(Cl)c(Cl)c2)n1. The third-order valence-electron chi connectivity index (χ3n) is 4.85. The van der Waals surface area contributed by atoms with Gasteiger partial charge in [0.2, 0.25) is 11.8 Å². The molecule has 34 heavy (non-hydrogen) atoms. The number of methoxy groups -OCH3 is 1. The third kappa shape index (κ3) is 9.58. The van der Waals surface area contributed by atoms with Crippen molar-refractivity contribution in [3.05, 3.63) is 44.9 Å². The number of anilines is 1. The molecule has 0 spiro atoms. The molecule has 8 nitrogen and oxygen atoms in total. The maximum atomic E-state index is 12.9. The Morgan fingerprint density at radius 1 is 1.12 bits per heavy atom. The van der Waals surface area contributed by atoms with Gasteiger partial charge in [0.15, 0.2) is 5.13 Å². The van der Waals surface area contributed by atoms with Crippen molar-refractivity contribution in [2.45, 2.75) is 39.0 Å². The van der Waals surface area contributed by atoms with Crippen molar-refractivity contribution in [2.24, 2.45) is 0 Å². The predicted octanol–water partition coefficient (Wildman–Crippen LogP) is 4.42. The summed E-state index contributed by atoms with van der Waals surface area (Å²) in [5.74, 6) is -0.885. The van der Waals surface area contributed by atoms with E-state index in [1.807, 2.05) is 0 Å². The first-order chi connectivity index (χ1) is 16.3. The lowest BCUT2D eigenvalue weighted by Gasteiger charge is -2.22. The van der Waals surface area contributed by atoms with Crippen LogP contribution in [0.2, 0.25) is 10.0 Å². The van der Waals surface area contributed by atoms with Crippen LogP contribution in [0.25, 0.3) is 0 Å². The van der Waals surface area contributed by atoms with Crippen LogP contribution in [0.3, 0.4) is 0 Å². The van der Waals surface area contributed by atoms with Gasteiger partial charge in [0.25, 0.3) is 5.91 Å². The van der Waals surface area contributed by atoms with Crippen molar-refractivity contribution in [3.63, 3.8) is 0 Å². The zero-order valence-corrected chi connectivity index (χ0v) is 21.7. The van der Waals surface area contributed by atoms with E-state index in [1.54, 1.807) is 11.4 Å². The summed E-state index contributed by atoms with van der Waals surface area (Å²) in [4.78, 5) is 43.2. The highest BCUT2D eigenvalue weighted by Crippen LogP contribution is 2.23. The molecule has 11 heteroatoms. The number of hydrogen-bond donors (Lipinski definition) is 2. The van der Waals surface area contributed by atoms with Gasteiger partial charge in [-0.25, -0.2) is 4.98 Å². The van der Waals surface area contributed by atoms with Gasteiger partial charge < -0.3 is 20.3 Å². The Balaban J connectivity index is 1.90. The molecular weight excluding hydrogens is 499 g/mol. The van der Waals surface area contributed by atoms with E-state index in [0.717, 1.165) is 25.7 Å². The molecule has 0 unspecified atom stereocenters. The van der Waals surface area contributed by atoms with Gasteiger partial charge in [0.05, 0.1) is 28.8 Å². The quantitative estimate of drug-likeness (QED) is 0.353. The Morgan fingerprint density at radius 2 is 1.91 bits per heavy atom. The molecule has 0 aliphatic carbocycles. The molecule has 0 bridgehead atoms. The Bertz CT molecular complexity index is 970. The smallest absolute Gasteiger partial charge is 0.254 e. The van der Waals surface area contributed by atoms with Crippen LogP contribution in [-0.2, 0) is 20.7 Å². The number of aromatic nitrogens is 1. The van der Waals surface area contributed by atoms with Gasteiger partial charge in [-0.05, 0) is 24.6 Å². The van der Waals surface area contributed by atoms with Crippen molar-refractivity contribution in [1.82, 2.24) is 15.2 Å². The van der Waals surface area contributed by atoms with E-state index in [2.05, 4.69) is 22.5 Å². The first-order valence-electron chi connectivity index (χ1n) is 11.1. The molecule has 2 aromatic rings. The van der Waals surface area contributed by atoms with Crippen LogP contribution in [0.5, 0.6) is 0 Å². The number of nitrogens with one attached hydrogen (secondary N) is 2. The lowest BCUT2D eigenvalue weighted by atomic mass is 10.2. The minimum Gasteiger partial charge on any atom is -0.383 e. The summed E-state index contributed by atoms with van der Waals surface area (Å²) in [6, 6.07) is 4.55. The largest absolute Gasteiger partial charge is 0.383 e. The Morgan fingerprint density at radius 3 is 2.62 bits per heavy atom. The molecule has 0 aliphatic heterocycles. The molecule has 1 aromatic heterocycles. The summed E-state index contributed by atoms with van der Waals surface area (Å²) in [6.07, 6.45) is 4.51. The highest BCUT2D eigenvalue weighted by molar-refractivity contribution is 7.13. The van der Waals surface area contributed by atoms with Crippen LogP contribution in [0.1, 0.15) is 48.7 Å². The Labute approximate surface area is 214 Å². The molecule has 0 fully saturated rings. The van der Waals surface area contributed by atoms with Crippen LogP contribution in [0, 0.1) is 0 Å². The number of nitrogens with zero attached hydrogens (tertiary/aromatic N) is 2. The topological polar surface area (TPSA) is 101 Å². The molecule has 3 amide bonds. The van der Waals surface area contributed by atoms with E-state index in [-0.39, 0.29) is 43.0 Å². The molecule has 2 rings (SSSR count). The van der Waals surface area contributed by atoms with Gasteiger partial charge in [-0.2, -0.15) is 0 Å². The molecule has 186 valence electrons. The van der Waals surface area contributed by atoms with Crippen LogP contribution in [0.15, 0.2) is 23.6 Å². The molecular formula is C23H30Cl2N4O4S. The monoisotopic (exact) mass is 528 g/mol. The lowest BCUT2D eigenvalue weighted by molar-refractivity contribution is -0.120. The van der Waals surface area contributed by atoms with Crippen LogP contribution in [0.4, 0.5) is 5.13 Å². The molecule has 1 heterocycles. The third-order valence-corrected chi connectivity index (χ3v) is 6.39. The van der Waals surface area contributed by atoms with Crippen LogP contribution >= 0.6 is 34.5 Å². The highest BCUT2D eigenvalue weighted by atomic mass is 35.5. The number of amides is 3. The number of rotatable bonds is 14. The fraction of sp³-hybridized carbons (Fsp3) is 0.478. The van der Waals surface area contributed by atoms with E-state index in [4.69, 9.17) is 27.9 Å². The number of benzene rings is 1. The van der Waals surface area contributed by atoms with Crippen molar-refractivity contribution >= 4 is 57.4 Å². The van der Waals surface area contributed by atoms with Gasteiger partial charge >= 0.3 is 0 Å². The van der Waals surface area contributed by atoms with E-state index in [0.29, 0.717) is 28.0 Å². The minimum absolute atomic E-state index is 0.0994. The standard InChI is InChI=1S/C23H30Cl2N4O4S/c1-3-4-5-6-9-26-20(30)13-17-15-34-23(27-17)28-21(31)14-29(10-11-33-2)22(32)16-7-8-18(24)19(25)12-16/h7-8,12,15H,3-6,9-11,13-14H2,1-2H3,(H,26,30)(H,27,28,31). The molecule has 0 saturated carbocycles. The lowest BCUT2D eigenvalue weighted by Crippen LogP contribution is -2.40. The molecule has 1 aromatic carbocycles. The zero-order chi connectivity index (χ0) is 24.9. The maximum absolute atomic E-state index is 12.9. The van der Waals surface area contributed by atoms with E-state index in [9.17, 15) is 14.4 Å². The fourth-order valence-corrected chi connectivity index (χ4v) is 4.07. The number of hydrogen-bond acceptors (Lipinski definition) is 6. The molecule has 2 N–H and O–H groups in total. The van der Waals surface area contributed by atoms with Crippen molar-refractivity contribution in [1.29, 1.82) is 0 Å². The maximum Gasteiger partial charge on any atom is 0.254 e. The van der Waals surface area contributed by atoms with Crippen LogP contribution < -0.4 is 10.6 Å². The van der Waals surface area contributed by atoms with Gasteiger partial charge in [-0.3, -0.25) is 14.4 Å². The van der Waals surface area contributed by atoms with E-state index in [1.165, 1.54) is 35.5 Å². The van der Waals surface area contributed by atoms with Crippen molar-refractivity contribution < 1.29 is 19.1 Å². The van der Waals surface area contributed by atoms with E-state index >= 15 is 0 Å². The highest BCUT2D eigenvalue weighted by Gasteiger charge is 2.20. The van der Waals surface area contributed by atoms with Gasteiger partial charge in [0.1, 0.15) is 6.54 Å². The number of carbonyl (C=O) groups excluding carboxylic acids is 3. The number of carbonyl (C=O) groups is 3. The average Bonchev–Trinajstić information content (AvgIpc) is 3.24. The van der Waals surface area contributed by atoms with Crippen LogP contribution in [-0.4, -0.2) is 61.0 Å². The number of halogens is 2. The normalized spacial score (nSPS) is 10.7. The fourth-order valence-electron chi connectivity index (χ4n) is 3.05. The second kappa shape index (κ2) is 14.9. The van der Waals surface area contributed by atoms with Gasteiger partial charge in [0, 0.05) is 31.1 Å². The molecule has 0 radical (unpaired) electrons. The second-order valence-electron chi connectivity index (χ2n) is 7.63. The number of ether oxygens (including phenoxy) is 1. The first kappa shape index (κ1) is 28.0. The summed E-state index contributed by atoms with van der Waals surface area (Å²) in [7, 11) is 1.51. The Hall–Kier alpha value is -2.20. The van der Waals surface area contributed by atoms with Gasteiger partial charge in [-0.15, -0.1) is 11.3 Å². The summed E-state index contributed by atoms with van der Waals surface area (Å²) < 4.78 is 5.07. The van der Waals surface area contributed by atoms with Crippen molar-refractivity contribution in [2.75, 3.05) is 38.7 Å². The first-order valence-corrected chi connectivity index (χ1v) is 12.7. The van der Waals surface area contributed by atoms with Crippen molar-refractivity contribution in [3.8, 4) is 0 Å². The molecule has 0 atom stereocenters. The number of thiazole rings is 1. The number of unbranched alkanes of at least 4 members (excludes halogenated alkanes) is 3. The predicted molar refractivity (Wildman–Crippen MR) is 136 cm³/mol. The van der Waals surface area contributed by atoms with Gasteiger partial charge in [-0.1, -0.05) is 49.4 Å². The minimum atomic E-state index is -0.411.